The number of benzene rings is 1. The predicted octanol–water partition coefficient (Wildman–Crippen LogP) is 3.69. The van der Waals surface area contributed by atoms with Crippen molar-refractivity contribution < 1.29 is 4.74 Å². The largest absolute Gasteiger partial charge is 0.378 e. The molecule has 0 saturated heterocycles. The molecule has 1 aromatic carbocycles. The summed E-state index contributed by atoms with van der Waals surface area (Å²) in [4.78, 5) is 2.29. The van der Waals surface area contributed by atoms with Crippen molar-refractivity contribution in [1.29, 1.82) is 0 Å². The molecule has 2 nitrogen and oxygen atoms in total. The van der Waals surface area contributed by atoms with Gasteiger partial charge in [0.25, 0.3) is 0 Å². The summed E-state index contributed by atoms with van der Waals surface area (Å²) >= 11 is 0. The molecule has 1 rings (SSSR count). The molecule has 100 valence electrons. The van der Waals surface area contributed by atoms with Crippen LogP contribution in [-0.4, -0.2) is 24.6 Å². The van der Waals surface area contributed by atoms with E-state index in [1.165, 1.54) is 5.56 Å². The lowest BCUT2D eigenvalue weighted by Gasteiger charge is -2.16. The maximum atomic E-state index is 5.71. The van der Waals surface area contributed by atoms with Crippen LogP contribution in [0.2, 0.25) is 0 Å². The van der Waals surface area contributed by atoms with Crippen molar-refractivity contribution in [1.82, 2.24) is 4.90 Å². The Kier molecular flexibility index (Phi) is 7.19. The van der Waals surface area contributed by atoms with Crippen LogP contribution in [0.5, 0.6) is 0 Å². The van der Waals surface area contributed by atoms with E-state index in [0.29, 0.717) is 12.5 Å². The van der Waals surface area contributed by atoms with Gasteiger partial charge >= 0.3 is 0 Å². The lowest BCUT2D eigenvalue weighted by Crippen LogP contribution is -2.16. The van der Waals surface area contributed by atoms with Crippen LogP contribution in [0.1, 0.15) is 26.3 Å². The summed E-state index contributed by atoms with van der Waals surface area (Å²) in [5.74, 6) is 0.453. The molecule has 0 heterocycles. The first-order valence-corrected chi connectivity index (χ1v) is 6.80. The summed E-state index contributed by atoms with van der Waals surface area (Å²) in [6.07, 6.45) is 4.40. The Bertz CT molecular complexity index is 330. The molecule has 0 aliphatic heterocycles. The molecule has 0 fully saturated rings. The van der Waals surface area contributed by atoms with Gasteiger partial charge < -0.3 is 9.64 Å². The van der Waals surface area contributed by atoms with Gasteiger partial charge in [0.2, 0.25) is 0 Å². The van der Waals surface area contributed by atoms with Crippen molar-refractivity contribution in [2.24, 2.45) is 5.92 Å². The van der Waals surface area contributed by atoms with Gasteiger partial charge in [-0.2, -0.15) is 0 Å². The monoisotopic (exact) mass is 247 g/mol. The molecule has 18 heavy (non-hydrogen) atoms. The molecular weight excluding hydrogens is 222 g/mol. The molecule has 2 heteroatoms. The van der Waals surface area contributed by atoms with Crippen LogP contribution < -0.4 is 0 Å². The highest BCUT2D eigenvalue weighted by molar-refractivity contribution is 5.13. The van der Waals surface area contributed by atoms with Crippen molar-refractivity contribution in [2.75, 3.05) is 19.7 Å². The number of hydrogen-bond donors (Lipinski definition) is 0. The van der Waals surface area contributed by atoms with Crippen LogP contribution in [0.15, 0.2) is 42.6 Å². The minimum Gasteiger partial charge on any atom is -0.378 e. The summed E-state index contributed by atoms with van der Waals surface area (Å²) in [5.41, 5.74) is 1.23. The van der Waals surface area contributed by atoms with Gasteiger partial charge in [0, 0.05) is 13.1 Å². The van der Waals surface area contributed by atoms with Crippen LogP contribution in [0.3, 0.4) is 0 Å². The van der Waals surface area contributed by atoms with E-state index < -0.39 is 0 Å². The zero-order chi connectivity index (χ0) is 13.2. The number of ether oxygens (including phenoxy) is 1. The van der Waals surface area contributed by atoms with E-state index in [1.807, 2.05) is 18.2 Å². The second-order valence-electron chi connectivity index (χ2n) is 4.54. The summed E-state index contributed by atoms with van der Waals surface area (Å²) < 4.78 is 5.71. The van der Waals surface area contributed by atoms with Gasteiger partial charge in [-0.25, -0.2) is 0 Å². The molecule has 0 spiro atoms. The first kappa shape index (κ1) is 14.8. The fourth-order valence-corrected chi connectivity index (χ4v) is 1.70. The molecule has 0 bridgehead atoms. The third-order valence-electron chi connectivity index (χ3n) is 2.93. The van der Waals surface area contributed by atoms with Crippen molar-refractivity contribution in [2.45, 2.75) is 27.4 Å². The highest BCUT2D eigenvalue weighted by Crippen LogP contribution is 2.04. The Morgan fingerprint density at radius 2 is 1.83 bits per heavy atom. The van der Waals surface area contributed by atoms with E-state index in [9.17, 15) is 0 Å². The number of rotatable bonds is 8. The van der Waals surface area contributed by atoms with E-state index in [1.54, 1.807) is 0 Å². The van der Waals surface area contributed by atoms with E-state index in [0.717, 1.165) is 19.7 Å². The van der Waals surface area contributed by atoms with Crippen molar-refractivity contribution in [3.63, 3.8) is 0 Å². The first-order valence-electron chi connectivity index (χ1n) is 6.80. The van der Waals surface area contributed by atoms with Gasteiger partial charge in [-0.3, -0.25) is 0 Å². The lowest BCUT2D eigenvalue weighted by atomic mass is 10.2. The maximum absolute atomic E-state index is 5.71. The second kappa shape index (κ2) is 8.76. The molecule has 0 aromatic heterocycles. The third-order valence-corrected chi connectivity index (χ3v) is 2.93. The Morgan fingerprint density at radius 1 is 1.17 bits per heavy atom. The Labute approximate surface area is 111 Å². The molecule has 0 unspecified atom stereocenters. The van der Waals surface area contributed by atoms with E-state index in [2.05, 4.69) is 50.1 Å². The molecule has 0 aliphatic rings. The standard InChI is InChI=1S/C16H25NO/c1-4-17(5-2)12-11-15(3)13-18-14-16-9-7-6-8-10-16/h6-12,15H,4-5,13-14H2,1-3H3/b12-11+/t15-/m0/s1. The number of hydrogen-bond acceptors (Lipinski definition) is 2. The van der Waals surface area contributed by atoms with E-state index in [-0.39, 0.29) is 0 Å². The maximum Gasteiger partial charge on any atom is 0.0717 e. The van der Waals surface area contributed by atoms with Gasteiger partial charge in [0.1, 0.15) is 0 Å². The SMILES string of the molecule is CCN(/C=C/[C@H](C)COCc1ccccc1)CC. The quantitative estimate of drug-likeness (QED) is 0.694. The Morgan fingerprint density at radius 3 is 2.44 bits per heavy atom. The minimum atomic E-state index is 0.453. The zero-order valence-corrected chi connectivity index (χ0v) is 11.8. The van der Waals surface area contributed by atoms with Crippen LogP contribution in [-0.2, 0) is 11.3 Å². The summed E-state index contributed by atoms with van der Waals surface area (Å²) in [6, 6.07) is 10.3. The molecule has 1 atom stereocenters. The lowest BCUT2D eigenvalue weighted by molar-refractivity contribution is 0.103. The zero-order valence-electron chi connectivity index (χ0n) is 11.8. The molecule has 0 N–H and O–H groups in total. The molecule has 0 amide bonds. The topological polar surface area (TPSA) is 12.5 Å². The van der Waals surface area contributed by atoms with Crippen LogP contribution >= 0.6 is 0 Å². The number of nitrogens with zero attached hydrogens (tertiary/aromatic N) is 1. The highest BCUT2D eigenvalue weighted by atomic mass is 16.5. The average molecular weight is 247 g/mol. The van der Waals surface area contributed by atoms with E-state index in [4.69, 9.17) is 4.74 Å². The van der Waals surface area contributed by atoms with Crippen molar-refractivity contribution in [3.05, 3.63) is 48.2 Å². The summed E-state index contributed by atoms with van der Waals surface area (Å²) in [6.45, 7) is 10.1. The van der Waals surface area contributed by atoms with Gasteiger partial charge in [-0.1, -0.05) is 43.3 Å². The smallest absolute Gasteiger partial charge is 0.0717 e. The van der Waals surface area contributed by atoms with E-state index >= 15 is 0 Å². The minimum absolute atomic E-state index is 0.453. The molecule has 0 radical (unpaired) electrons. The van der Waals surface area contributed by atoms with Gasteiger partial charge in [0.05, 0.1) is 13.2 Å². The van der Waals surface area contributed by atoms with Crippen LogP contribution in [0.4, 0.5) is 0 Å². The fraction of sp³-hybridized carbons (Fsp3) is 0.500. The molecule has 0 aliphatic carbocycles. The molecule has 1 aromatic rings. The molecular formula is C16H25NO. The average Bonchev–Trinajstić information content (AvgIpc) is 2.41. The van der Waals surface area contributed by atoms with Gasteiger partial charge in [0.15, 0.2) is 0 Å². The fourth-order valence-electron chi connectivity index (χ4n) is 1.70. The third kappa shape index (κ3) is 5.87. The molecule has 0 saturated carbocycles. The van der Waals surface area contributed by atoms with Gasteiger partial charge in [-0.05, 0) is 31.5 Å². The van der Waals surface area contributed by atoms with Crippen LogP contribution in [0.25, 0.3) is 0 Å². The van der Waals surface area contributed by atoms with Crippen LogP contribution in [0, 0.1) is 5.92 Å². The van der Waals surface area contributed by atoms with Crippen molar-refractivity contribution in [3.8, 4) is 0 Å². The van der Waals surface area contributed by atoms with Crippen molar-refractivity contribution >= 4 is 0 Å². The summed E-state index contributed by atoms with van der Waals surface area (Å²) in [5, 5.41) is 0. The highest BCUT2D eigenvalue weighted by Gasteiger charge is 1.99. The Balaban J connectivity index is 2.23. The van der Waals surface area contributed by atoms with Gasteiger partial charge in [-0.15, -0.1) is 0 Å². The predicted molar refractivity (Wildman–Crippen MR) is 77.3 cm³/mol. The normalized spacial score (nSPS) is 12.8. The summed E-state index contributed by atoms with van der Waals surface area (Å²) in [7, 11) is 0. The first-order chi connectivity index (χ1) is 8.76. The Hall–Kier alpha value is -1.28. The second-order valence-corrected chi connectivity index (χ2v) is 4.54.